The molecule has 0 unspecified atom stereocenters. The van der Waals surface area contributed by atoms with Crippen molar-refractivity contribution in [1.82, 2.24) is 34.5 Å². The first-order valence-corrected chi connectivity index (χ1v) is 28.3. The van der Waals surface area contributed by atoms with Crippen LogP contribution in [0.2, 0.25) is 0 Å². The Labute approximate surface area is 455 Å². The van der Waals surface area contributed by atoms with Crippen LogP contribution < -0.4 is 15.2 Å². The van der Waals surface area contributed by atoms with Gasteiger partial charge in [0.15, 0.2) is 23.2 Å². The van der Waals surface area contributed by atoms with Crippen LogP contribution in [0.3, 0.4) is 0 Å². The number of nitrogens with zero attached hydrogens (tertiary/aromatic N) is 5. The number of aryl methyl sites for hydroxylation is 2. The summed E-state index contributed by atoms with van der Waals surface area (Å²) in [5.41, 5.74) is 10.9. The van der Waals surface area contributed by atoms with Crippen molar-refractivity contribution in [2.24, 2.45) is 0 Å². The summed E-state index contributed by atoms with van der Waals surface area (Å²) in [4.78, 5) is 50.8. The summed E-state index contributed by atoms with van der Waals surface area (Å²) >= 11 is 0. The van der Waals surface area contributed by atoms with Crippen molar-refractivity contribution in [3.63, 3.8) is 0 Å². The number of sulfonamides is 2. The normalized spacial score (nSPS) is 11.8. The first-order chi connectivity index (χ1) is 38.2. The van der Waals surface area contributed by atoms with Crippen LogP contribution in [0.4, 0.5) is 34.8 Å². The fourth-order valence-corrected chi connectivity index (χ4v) is 11.6. The van der Waals surface area contributed by atoms with Gasteiger partial charge in [0.2, 0.25) is 20.0 Å². The van der Waals surface area contributed by atoms with Crippen molar-refractivity contribution in [2.45, 2.75) is 40.5 Å². The van der Waals surface area contributed by atoms with Crippen molar-refractivity contribution in [1.29, 1.82) is 0 Å². The number of nitrogen functional groups attached to an aromatic ring is 1. The monoisotopic (exact) mass is 1120 g/mol. The van der Waals surface area contributed by atoms with Gasteiger partial charge in [-0.05, 0) is 136 Å². The number of carbonyl (C=O) groups excluding carboxylic acids is 2. The molecule has 0 spiro atoms. The lowest BCUT2D eigenvalue weighted by molar-refractivity contribution is 0.102. The third-order valence-electron chi connectivity index (χ3n) is 13.2. The SMILES string of the molecule is CCCS(=O)(=O)Nc1ccc(F)c(C(=O)c2ccc3[nH]c4ncc(-c5ccc(-n6c(C)ccc6C)nc5)cc4c3c2)c1F.CCCS(=O)(=O)Nc1ccc(F)c(C(=O)c2ccc3[nH]c4ncc(-c5ccc(N)nc5)cc4c3c2)c1F. The minimum absolute atomic E-state index is 0.0271. The molecule has 0 aliphatic rings. The summed E-state index contributed by atoms with van der Waals surface area (Å²) in [7, 11) is -7.71. The summed E-state index contributed by atoms with van der Waals surface area (Å²) in [5.74, 6) is -5.87. The number of hydrogen-bond donors (Lipinski definition) is 5. The number of nitrogens with one attached hydrogen (secondary N) is 4. The van der Waals surface area contributed by atoms with Gasteiger partial charge < -0.3 is 20.3 Å². The fraction of sp³-hybridized carbons (Fsp3) is 0.138. The van der Waals surface area contributed by atoms with E-state index in [1.807, 2.05) is 56.3 Å². The molecule has 4 aromatic carbocycles. The maximum absolute atomic E-state index is 15.3. The lowest BCUT2D eigenvalue weighted by Crippen LogP contribution is -2.18. The molecule has 11 aromatic rings. The van der Waals surface area contributed by atoms with Gasteiger partial charge in [-0.15, -0.1) is 0 Å². The third kappa shape index (κ3) is 10.7. The second kappa shape index (κ2) is 21.5. The number of pyridine rings is 4. The van der Waals surface area contributed by atoms with Crippen molar-refractivity contribution in [2.75, 3.05) is 26.7 Å². The maximum Gasteiger partial charge on any atom is 0.232 e. The Morgan fingerprint density at radius 1 is 0.525 bits per heavy atom. The Morgan fingerprint density at radius 2 is 0.963 bits per heavy atom. The van der Waals surface area contributed by atoms with Gasteiger partial charge >= 0.3 is 0 Å². The highest BCUT2D eigenvalue weighted by Gasteiger charge is 2.27. The molecule has 0 saturated heterocycles. The number of halogens is 4. The minimum Gasteiger partial charge on any atom is -0.384 e. The standard InChI is InChI=1S/C32H27F2N5O3S.C26H21F2N5O3S/c1-4-13-43(41,42)38-27-11-9-25(33)29(30(27)34)31(40)20-7-10-26-23(14-20)24-15-22(17-36-32(24)37-26)21-8-12-28(35-16-21)39-18(2)5-6-19(39)3;1-2-9-37(35,36)33-21-7-5-19(27)23(24(21)28)25(34)14-3-6-20-17(10-14)18-11-16(13-31-26(18)32-20)15-4-8-22(29)30-12-15/h5-12,14-17,38H,4,13H2,1-3H3,(H,36,37);3-8,10-13,33H,2,9H2,1H3,(H2,29,30)(H,31,32). The lowest BCUT2D eigenvalue weighted by Gasteiger charge is -2.11. The summed E-state index contributed by atoms with van der Waals surface area (Å²) in [5, 5.41) is 2.67. The van der Waals surface area contributed by atoms with Crippen molar-refractivity contribution < 1.29 is 44.0 Å². The van der Waals surface area contributed by atoms with E-state index in [4.69, 9.17) is 5.73 Å². The quantitative estimate of drug-likeness (QED) is 0.0478. The van der Waals surface area contributed by atoms with E-state index < -0.39 is 77.4 Å². The number of hydrogen-bond acceptors (Lipinski definition) is 11. The molecule has 0 bridgehead atoms. The Hall–Kier alpha value is -9.28. The molecule has 0 saturated carbocycles. The molecule has 0 radical (unpaired) electrons. The molecule has 0 atom stereocenters. The Morgan fingerprint density at radius 3 is 1.38 bits per heavy atom. The average Bonchev–Trinajstić information content (AvgIpc) is 4.17. The number of carbonyl (C=O) groups is 2. The van der Waals surface area contributed by atoms with Crippen LogP contribution >= 0.6 is 0 Å². The molecule has 6 N–H and O–H groups in total. The molecule has 22 heteroatoms. The van der Waals surface area contributed by atoms with Crippen LogP contribution in [0.1, 0.15) is 69.9 Å². The molecule has 0 fully saturated rings. The molecule has 16 nitrogen and oxygen atoms in total. The first-order valence-electron chi connectivity index (χ1n) is 25.0. The van der Waals surface area contributed by atoms with E-state index in [2.05, 4.69) is 43.9 Å². The number of rotatable bonds is 15. The number of fused-ring (bicyclic) bond motifs is 6. The van der Waals surface area contributed by atoms with Gasteiger partial charge in [-0.2, -0.15) is 0 Å². The van der Waals surface area contributed by atoms with Gasteiger partial charge in [0, 0.05) is 102 Å². The highest BCUT2D eigenvalue weighted by atomic mass is 32.2. The van der Waals surface area contributed by atoms with Crippen molar-refractivity contribution in [3.05, 3.63) is 191 Å². The summed E-state index contributed by atoms with van der Waals surface area (Å²) in [6.45, 7) is 7.35. The number of ketones is 2. The van der Waals surface area contributed by atoms with Crippen LogP contribution in [0.25, 0.3) is 71.9 Å². The molecule has 406 valence electrons. The number of anilines is 3. The largest absolute Gasteiger partial charge is 0.384 e. The second-order valence-corrected chi connectivity index (χ2v) is 22.6. The Bertz CT molecular complexity index is 4490. The van der Waals surface area contributed by atoms with Crippen LogP contribution in [-0.4, -0.2) is 74.4 Å². The zero-order chi connectivity index (χ0) is 56.8. The van der Waals surface area contributed by atoms with E-state index >= 15 is 8.78 Å². The topological polar surface area (TPSA) is 241 Å². The van der Waals surface area contributed by atoms with Gasteiger partial charge in [-0.1, -0.05) is 13.8 Å². The number of H-pyrrole nitrogens is 2. The zero-order valence-electron chi connectivity index (χ0n) is 43.1. The predicted octanol–water partition coefficient (Wildman–Crippen LogP) is 11.9. The molecule has 7 heterocycles. The lowest BCUT2D eigenvalue weighted by atomic mass is 9.99. The van der Waals surface area contributed by atoms with E-state index in [0.29, 0.717) is 62.5 Å². The number of nitrogens with two attached hydrogens (primary N) is 1. The van der Waals surface area contributed by atoms with Gasteiger partial charge in [0.05, 0.1) is 34.0 Å². The van der Waals surface area contributed by atoms with E-state index in [0.717, 1.165) is 63.7 Å². The van der Waals surface area contributed by atoms with Crippen LogP contribution in [-0.2, 0) is 20.0 Å². The van der Waals surface area contributed by atoms with E-state index in [9.17, 15) is 35.2 Å². The molecule has 0 aliphatic heterocycles. The third-order valence-corrected chi connectivity index (χ3v) is 16.2. The zero-order valence-corrected chi connectivity index (χ0v) is 44.8. The number of aromatic amines is 2. The maximum atomic E-state index is 15.3. The molecule has 0 aliphatic carbocycles. The van der Waals surface area contributed by atoms with Crippen LogP contribution in [0.5, 0.6) is 0 Å². The number of aromatic nitrogens is 7. The van der Waals surface area contributed by atoms with Crippen LogP contribution in [0.15, 0.2) is 134 Å². The Kier molecular flexibility index (Phi) is 14.5. The van der Waals surface area contributed by atoms with Gasteiger partial charge in [0.25, 0.3) is 0 Å². The Balaban J connectivity index is 0.000000182. The summed E-state index contributed by atoms with van der Waals surface area (Å²) in [6.07, 6.45) is 7.40. The first kappa shape index (κ1) is 54.1. The van der Waals surface area contributed by atoms with Gasteiger partial charge in [0.1, 0.15) is 34.6 Å². The average molecular weight is 1120 g/mol. The number of benzene rings is 4. The second-order valence-electron chi connectivity index (χ2n) is 18.9. The summed E-state index contributed by atoms with van der Waals surface area (Å²) < 4.78 is 115. The summed E-state index contributed by atoms with van der Waals surface area (Å²) in [6, 6.07) is 28.1. The molecular formula is C58H48F4N10O6S2. The smallest absolute Gasteiger partial charge is 0.232 e. The molecular weight excluding hydrogens is 1070 g/mol. The molecule has 7 aromatic heterocycles. The predicted molar refractivity (Wildman–Crippen MR) is 302 cm³/mol. The molecule has 0 amide bonds. The molecule has 80 heavy (non-hydrogen) atoms. The van der Waals surface area contributed by atoms with Gasteiger partial charge in [-0.3, -0.25) is 19.0 Å². The highest BCUT2D eigenvalue weighted by Crippen LogP contribution is 2.34. The van der Waals surface area contributed by atoms with Gasteiger partial charge in [-0.25, -0.2) is 54.3 Å². The molecule has 11 rings (SSSR count). The van der Waals surface area contributed by atoms with E-state index in [1.165, 1.54) is 18.2 Å². The van der Waals surface area contributed by atoms with Crippen molar-refractivity contribution >= 4 is 92.7 Å². The van der Waals surface area contributed by atoms with Crippen LogP contribution in [0, 0.1) is 37.1 Å². The fourth-order valence-electron chi connectivity index (χ4n) is 9.38. The van der Waals surface area contributed by atoms with E-state index in [-0.39, 0.29) is 22.6 Å². The van der Waals surface area contributed by atoms with E-state index in [1.54, 1.807) is 62.9 Å². The highest BCUT2D eigenvalue weighted by molar-refractivity contribution is 7.92. The van der Waals surface area contributed by atoms with Crippen molar-refractivity contribution in [3.8, 4) is 28.1 Å². The minimum atomic E-state index is -3.86.